The van der Waals surface area contributed by atoms with Crippen molar-refractivity contribution in [3.63, 3.8) is 0 Å². The van der Waals surface area contributed by atoms with Crippen molar-refractivity contribution in [1.82, 2.24) is 4.37 Å². The lowest BCUT2D eigenvalue weighted by Crippen LogP contribution is -1.77. The third kappa shape index (κ3) is 2.44. The van der Waals surface area contributed by atoms with E-state index in [1.165, 1.54) is 17.1 Å². The van der Waals surface area contributed by atoms with E-state index in [4.69, 9.17) is 5.26 Å². The zero-order valence-electron chi connectivity index (χ0n) is 10.4. The van der Waals surface area contributed by atoms with E-state index in [2.05, 4.69) is 26.7 Å². The van der Waals surface area contributed by atoms with Crippen molar-refractivity contribution in [2.24, 2.45) is 10.2 Å². The van der Waals surface area contributed by atoms with E-state index in [9.17, 15) is 0 Å². The molecule has 0 spiro atoms. The molecule has 0 radical (unpaired) electrons. The molecule has 1 heterocycles. The highest BCUT2D eigenvalue weighted by Gasteiger charge is 2.09. The minimum absolute atomic E-state index is 0.508. The van der Waals surface area contributed by atoms with Gasteiger partial charge in [-0.25, -0.2) is 0 Å². The lowest BCUT2D eigenvalue weighted by molar-refractivity contribution is 1.21. The van der Waals surface area contributed by atoms with Crippen molar-refractivity contribution in [3.8, 4) is 6.07 Å². The van der Waals surface area contributed by atoms with E-state index >= 15 is 0 Å². The van der Waals surface area contributed by atoms with Crippen LogP contribution in [-0.4, -0.2) is 4.37 Å². The second kappa shape index (κ2) is 5.07. The molecular weight excluding hydrogens is 244 g/mol. The van der Waals surface area contributed by atoms with E-state index in [1.54, 1.807) is 6.92 Å². The predicted octanol–water partition coefficient (Wildman–Crippen LogP) is 4.36. The van der Waals surface area contributed by atoms with Gasteiger partial charge in [0.05, 0.1) is 11.4 Å². The standard InChI is InChI=1S/C13H12N4S/c1-8-4-5-12(9(2)6-8)15-16-13-11(7-14)10(3)17-18-13/h4-6H,1-3H3. The molecule has 0 unspecified atom stereocenters. The van der Waals surface area contributed by atoms with Gasteiger partial charge in [-0.05, 0) is 43.9 Å². The van der Waals surface area contributed by atoms with Crippen LogP contribution in [0.15, 0.2) is 28.4 Å². The molecular formula is C13H12N4S. The van der Waals surface area contributed by atoms with Crippen LogP contribution < -0.4 is 0 Å². The summed E-state index contributed by atoms with van der Waals surface area (Å²) in [6.07, 6.45) is 0. The normalized spacial score (nSPS) is 10.8. The summed E-state index contributed by atoms with van der Waals surface area (Å²) >= 11 is 1.20. The van der Waals surface area contributed by atoms with E-state index in [0.717, 1.165) is 11.3 Å². The number of rotatable bonds is 2. The maximum absolute atomic E-state index is 8.99. The molecule has 0 bridgehead atoms. The molecule has 90 valence electrons. The monoisotopic (exact) mass is 256 g/mol. The first-order valence-electron chi connectivity index (χ1n) is 5.47. The number of hydrogen-bond donors (Lipinski definition) is 0. The summed E-state index contributed by atoms with van der Waals surface area (Å²) in [5, 5.41) is 17.9. The summed E-state index contributed by atoms with van der Waals surface area (Å²) in [5.74, 6) is 0. The highest BCUT2D eigenvalue weighted by atomic mass is 32.1. The fourth-order valence-corrected chi connectivity index (χ4v) is 2.25. The first-order chi connectivity index (χ1) is 8.61. The van der Waals surface area contributed by atoms with Gasteiger partial charge in [-0.2, -0.15) is 9.64 Å². The molecule has 2 aromatic rings. The van der Waals surface area contributed by atoms with Crippen molar-refractivity contribution in [3.05, 3.63) is 40.6 Å². The Morgan fingerprint density at radius 2 is 2.00 bits per heavy atom. The Bertz CT molecular complexity index is 649. The zero-order chi connectivity index (χ0) is 13.1. The molecule has 4 nitrogen and oxygen atoms in total. The van der Waals surface area contributed by atoms with Gasteiger partial charge in [-0.15, -0.1) is 10.2 Å². The van der Waals surface area contributed by atoms with Crippen molar-refractivity contribution >= 4 is 22.2 Å². The largest absolute Gasteiger partial charge is 0.194 e. The minimum atomic E-state index is 0.508. The van der Waals surface area contributed by atoms with Gasteiger partial charge in [-0.3, -0.25) is 0 Å². The quantitative estimate of drug-likeness (QED) is 0.749. The Balaban J connectivity index is 2.33. The van der Waals surface area contributed by atoms with Crippen LogP contribution in [0.4, 0.5) is 10.7 Å². The van der Waals surface area contributed by atoms with Crippen LogP contribution in [0.2, 0.25) is 0 Å². The van der Waals surface area contributed by atoms with Crippen molar-refractivity contribution < 1.29 is 0 Å². The third-order valence-corrected chi connectivity index (χ3v) is 3.38. The summed E-state index contributed by atoms with van der Waals surface area (Å²) in [4.78, 5) is 0. The molecule has 0 aliphatic rings. The number of aromatic nitrogens is 1. The molecule has 0 aliphatic carbocycles. The second-order valence-corrected chi connectivity index (χ2v) is 4.80. The molecule has 18 heavy (non-hydrogen) atoms. The van der Waals surface area contributed by atoms with Crippen LogP contribution in [-0.2, 0) is 0 Å². The topological polar surface area (TPSA) is 61.4 Å². The third-order valence-electron chi connectivity index (χ3n) is 2.56. The van der Waals surface area contributed by atoms with E-state index in [-0.39, 0.29) is 0 Å². The van der Waals surface area contributed by atoms with E-state index < -0.39 is 0 Å². The Labute approximate surface area is 110 Å². The highest BCUT2D eigenvalue weighted by molar-refractivity contribution is 7.10. The molecule has 0 N–H and O–H groups in total. The van der Waals surface area contributed by atoms with Crippen LogP contribution in [0, 0.1) is 32.1 Å². The number of nitrogens with zero attached hydrogens (tertiary/aromatic N) is 4. The second-order valence-electron chi connectivity index (χ2n) is 4.05. The number of nitriles is 1. The SMILES string of the molecule is Cc1ccc(N=Nc2snc(C)c2C#N)c(C)c1. The Morgan fingerprint density at radius 3 is 2.67 bits per heavy atom. The van der Waals surface area contributed by atoms with Crippen LogP contribution in [0.5, 0.6) is 0 Å². The lowest BCUT2D eigenvalue weighted by atomic mass is 10.1. The first-order valence-corrected chi connectivity index (χ1v) is 6.24. The molecule has 1 aromatic heterocycles. The predicted molar refractivity (Wildman–Crippen MR) is 71.7 cm³/mol. The summed E-state index contributed by atoms with van der Waals surface area (Å²) in [7, 11) is 0. The van der Waals surface area contributed by atoms with Crippen molar-refractivity contribution in [1.29, 1.82) is 5.26 Å². The molecule has 0 atom stereocenters. The van der Waals surface area contributed by atoms with Gasteiger partial charge in [-0.1, -0.05) is 17.7 Å². The maximum atomic E-state index is 8.99. The molecule has 2 rings (SSSR count). The molecule has 5 heteroatoms. The summed E-state index contributed by atoms with van der Waals surface area (Å²) in [5.41, 5.74) is 4.29. The van der Waals surface area contributed by atoms with Crippen molar-refractivity contribution in [2.45, 2.75) is 20.8 Å². The van der Waals surface area contributed by atoms with Gasteiger partial charge in [0.1, 0.15) is 11.6 Å². The minimum Gasteiger partial charge on any atom is -0.194 e. The van der Waals surface area contributed by atoms with Gasteiger partial charge in [0.2, 0.25) is 0 Å². The summed E-state index contributed by atoms with van der Waals surface area (Å²) < 4.78 is 4.10. The fraction of sp³-hybridized carbons (Fsp3) is 0.231. The van der Waals surface area contributed by atoms with Crippen LogP contribution >= 0.6 is 11.5 Å². The Kier molecular flexibility index (Phi) is 3.49. The van der Waals surface area contributed by atoms with Crippen LogP contribution in [0.25, 0.3) is 0 Å². The molecule has 0 saturated heterocycles. The number of aryl methyl sites for hydroxylation is 3. The molecule has 0 saturated carbocycles. The average molecular weight is 256 g/mol. The summed E-state index contributed by atoms with van der Waals surface area (Å²) in [6.45, 7) is 5.82. The summed E-state index contributed by atoms with van der Waals surface area (Å²) in [6, 6.07) is 8.07. The van der Waals surface area contributed by atoms with E-state index in [0.29, 0.717) is 16.3 Å². The van der Waals surface area contributed by atoms with Crippen molar-refractivity contribution in [2.75, 3.05) is 0 Å². The van der Waals surface area contributed by atoms with Gasteiger partial charge in [0.15, 0.2) is 5.00 Å². The van der Waals surface area contributed by atoms with Gasteiger partial charge < -0.3 is 0 Å². The van der Waals surface area contributed by atoms with Gasteiger partial charge in [0.25, 0.3) is 0 Å². The van der Waals surface area contributed by atoms with Gasteiger partial charge >= 0.3 is 0 Å². The maximum Gasteiger partial charge on any atom is 0.176 e. The number of benzene rings is 1. The molecule has 0 amide bonds. The first kappa shape index (κ1) is 12.4. The van der Waals surface area contributed by atoms with Gasteiger partial charge in [0, 0.05) is 0 Å². The Hall–Kier alpha value is -2.06. The molecule has 0 fully saturated rings. The Morgan fingerprint density at radius 1 is 1.22 bits per heavy atom. The van der Waals surface area contributed by atoms with Crippen LogP contribution in [0.1, 0.15) is 22.4 Å². The zero-order valence-corrected chi connectivity index (χ0v) is 11.2. The highest BCUT2D eigenvalue weighted by Crippen LogP contribution is 2.29. The fourth-order valence-electron chi connectivity index (χ4n) is 1.57. The van der Waals surface area contributed by atoms with E-state index in [1.807, 2.05) is 26.0 Å². The smallest absolute Gasteiger partial charge is 0.176 e. The lowest BCUT2D eigenvalue weighted by Gasteiger charge is -1.99. The average Bonchev–Trinajstić information content (AvgIpc) is 2.69. The number of hydrogen-bond acceptors (Lipinski definition) is 5. The number of azo groups is 1. The molecule has 1 aromatic carbocycles. The molecule has 0 aliphatic heterocycles. The van der Waals surface area contributed by atoms with Crippen LogP contribution in [0.3, 0.4) is 0 Å².